The van der Waals surface area contributed by atoms with Crippen LogP contribution in [0.3, 0.4) is 0 Å². The standard InChI is InChI=1S/C18H23F2N3O3.ClH/c1-26-15-5-3-2-4-13(15)22-16(24)12-6-8-23(9-7-12)17(25)14-10-18(19,20)11-21-14;/h2-5,12,14,21H,6-11H2,1H3,(H,22,24);1H. The summed E-state index contributed by atoms with van der Waals surface area (Å²) in [6, 6.07) is 6.33. The van der Waals surface area contributed by atoms with E-state index in [0.29, 0.717) is 37.4 Å². The molecule has 1 aromatic rings. The number of rotatable bonds is 4. The number of hydrogen-bond acceptors (Lipinski definition) is 4. The third-order valence-electron chi connectivity index (χ3n) is 4.95. The van der Waals surface area contributed by atoms with Crippen LogP contribution in [-0.2, 0) is 9.59 Å². The molecule has 2 amide bonds. The Morgan fingerprint density at radius 3 is 2.52 bits per heavy atom. The average Bonchev–Trinajstić information content (AvgIpc) is 3.01. The molecule has 0 bridgehead atoms. The van der Waals surface area contributed by atoms with Gasteiger partial charge in [-0.3, -0.25) is 14.9 Å². The molecule has 0 saturated carbocycles. The van der Waals surface area contributed by atoms with Gasteiger partial charge in [0.25, 0.3) is 5.92 Å². The highest BCUT2D eigenvalue weighted by molar-refractivity contribution is 5.94. The number of alkyl halides is 2. The zero-order valence-electron chi connectivity index (χ0n) is 15.0. The Morgan fingerprint density at radius 1 is 1.26 bits per heavy atom. The van der Waals surface area contributed by atoms with E-state index in [1.165, 1.54) is 7.11 Å². The molecule has 3 rings (SSSR count). The second-order valence-corrected chi connectivity index (χ2v) is 6.78. The van der Waals surface area contributed by atoms with Crippen molar-refractivity contribution in [1.82, 2.24) is 10.2 Å². The number of amides is 2. The molecule has 0 aliphatic carbocycles. The van der Waals surface area contributed by atoms with Crippen LogP contribution in [0, 0.1) is 5.92 Å². The minimum Gasteiger partial charge on any atom is -0.495 e. The van der Waals surface area contributed by atoms with E-state index in [1.807, 2.05) is 12.1 Å². The zero-order valence-corrected chi connectivity index (χ0v) is 15.9. The Hall–Kier alpha value is -1.93. The zero-order chi connectivity index (χ0) is 18.7. The number of hydrogen-bond donors (Lipinski definition) is 2. The molecule has 1 unspecified atom stereocenters. The highest BCUT2D eigenvalue weighted by atomic mass is 35.5. The highest BCUT2D eigenvalue weighted by Gasteiger charge is 2.44. The summed E-state index contributed by atoms with van der Waals surface area (Å²) in [5.41, 5.74) is 0.607. The number of methoxy groups -OCH3 is 1. The number of piperidine rings is 1. The Morgan fingerprint density at radius 2 is 1.93 bits per heavy atom. The van der Waals surface area contributed by atoms with E-state index in [0.717, 1.165) is 0 Å². The fraction of sp³-hybridized carbons (Fsp3) is 0.556. The number of benzene rings is 1. The van der Waals surface area contributed by atoms with Crippen molar-refractivity contribution in [2.75, 3.05) is 32.1 Å². The molecule has 0 radical (unpaired) electrons. The van der Waals surface area contributed by atoms with Crippen LogP contribution in [0.1, 0.15) is 19.3 Å². The first-order valence-electron chi connectivity index (χ1n) is 8.73. The lowest BCUT2D eigenvalue weighted by Gasteiger charge is -2.33. The van der Waals surface area contributed by atoms with Crippen LogP contribution in [0.15, 0.2) is 24.3 Å². The monoisotopic (exact) mass is 403 g/mol. The quantitative estimate of drug-likeness (QED) is 0.809. The number of likely N-dealkylation sites (tertiary alicyclic amines) is 1. The molecule has 2 saturated heterocycles. The van der Waals surface area contributed by atoms with Crippen LogP contribution in [0.4, 0.5) is 14.5 Å². The minimum atomic E-state index is -2.83. The third kappa shape index (κ3) is 5.07. The fourth-order valence-corrected chi connectivity index (χ4v) is 3.46. The van der Waals surface area contributed by atoms with Gasteiger partial charge in [0.05, 0.1) is 25.4 Å². The fourth-order valence-electron chi connectivity index (χ4n) is 3.46. The summed E-state index contributed by atoms with van der Waals surface area (Å²) in [6.07, 6.45) is 0.561. The van der Waals surface area contributed by atoms with Crippen LogP contribution in [0.25, 0.3) is 0 Å². The van der Waals surface area contributed by atoms with Gasteiger partial charge in [-0.15, -0.1) is 12.4 Å². The number of nitrogens with one attached hydrogen (secondary N) is 2. The lowest BCUT2D eigenvalue weighted by molar-refractivity contribution is -0.136. The highest BCUT2D eigenvalue weighted by Crippen LogP contribution is 2.28. The van der Waals surface area contributed by atoms with E-state index < -0.39 is 24.9 Å². The van der Waals surface area contributed by atoms with Crippen LogP contribution in [0.2, 0.25) is 0 Å². The van der Waals surface area contributed by atoms with Gasteiger partial charge >= 0.3 is 0 Å². The Balaban J connectivity index is 0.00000261. The van der Waals surface area contributed by atoms with Gasteiger partial charge in [-0.1, -0.05) is 12.1 Å². The molecule has 1 aromatic carbocycles. The van der Waals surface area contributed by atoms with Crippen molar-refractivity contribution in [2.45, 2.75) is 31.2 Å². The lowest BCUT2D eigenvalue weighted by Crippen LogP contribution is -2.48. The van der Waals surface area contributed by atoms with Gasteiger partial charge in [0.1, 0.15) is 5.75 Å². The molecule has 150 valence electrons. The minimum absolute atomic E-state index is 0. The smallest absolute Gasteiger partial charge is 0.262 e. The Bertz CT molecular complexity index is 682. The number of ether oxygens (including phenoxy) is 1. The maximum atomic E-state index is 13.3. The van der Waals surface area contributed by atoms with Gasteiger partial charge in [0.2, 0.25) is 11.8 Å². The number of halogens is 3. The van der Waals surface area contributed by atoms with Gasteiger partial charge in [-0.25, -0.2) is 8.78 Å². The SMILES string of the molecule is COc1ccccc1NC(=O)C1CCN(C(=O)C2CC(F)(F)CN2)CC1.Cl. The molecule has 2 aliphatic heterocycles. The second-order valence-electron chi connectivity index (χ2n) is 6.78. The average molecular weight is 404 g/mol. The van der Waals surface area contributed by atoms with Crippen LogP contribution >= 0.6 is 12.4 Å². The van der Waals surface area contributed by atoms with Gasteiger partial charge in [0.15, 0.2) is 0 Å². The molecule has 9 heteroatoms. The maximum Gasteiger partial charge on any atom is 0.262 e. The van der Waals surface area contributed by atoms with Crippen LogP contribution < -0.4 is 15.4 Å². The molecular formula is C18H24ClF2N3O3. The molecular weight excluding hydrogens is 380 g/mol. The molecule has 6 nitrogen and oxygen atoms in total. The summed E-state index contributed by atoms with van der Waals surface area (Å²) in [6.45, 7) is 0.334. The first-order chi connectivity index (χ1) is 12.4. The van der Waals surface area contributed by atoms with E-state index in [2.05, 4.69) is 10.6 Å². The first-order valence-corrected chi connectivity index (χ1v) is 8.73. The number of carbonyl (C=O) groups is 2. The first kappa shape index (κ1) is 21.4. The van der Waals surface area contributed by atoms with Crippen molar-refractivity contribution in [3.05, 3.63) is 24.3 Å². The van der Waals surface area contributed by atoms with Gasteiger partial charge in [-0.05, 0) is 25.0 Å². The normalized spacial score (nSPS) is 22.0. The molecule has 2 aliphatic rings. The van der Waals surface area contributed by atoms with Gasteiger partial charge in [-0.2, -0.15) is 0 Å². The summed E-state index contributed by atoms with van der Waals surface area (Å²) in [5.74, 6) is -2.88. The second kappa shape index (κ2) is 8.84. The van der Waals surface area contributed by atoms with Crippen molar-refractivity contribution >= 4 is 29.9 Å². The van der Waals surface area contributed by atoms with Crippen molar-refractivity contribution < 1.29 is 23.1 Å². The Kier molecular flexibility index (Phi) is 7.00. The third-order valence-corrected chi connectivity index (χ3v) is 4.95. The number of anilines is 1. The predicted molar refractivity (Wildman–Crippen MR) is 99.5 cm³/mol. The summed E-state index contributed by atoms with van der Waals surface area (Å²) >= 11 is 0. The summed E-state index contributed by atoms with van der Waals surface area (Å²) in [7, 11) is 1.54. The molecule has 2 fully saturated rings. The topological polar surface area (TPSA) is 70.7 Å². The summed E-state index contributed by atoms with van der Waals surface area (Å²) in [5, 5.41) is 5.45. The maximum absolute atomic E-state index is 13.3. The van der Waals surface area contributed by atoms with Gasteiger partial charge in [0, 0.05) is 25.4 Å². The van der Waals surface area contributed by atoms with E-state index in [9.17, 15) is 18.4 Å². The number of carbonyl (C=O) groups excluding carboxylic acids is 2. The number of nitrogens with zero attached hydrogens (tertiary/aromatic N) is 1. The van der Waals surface area contributed by atoms with Crippen molar-refractivity contribution in [3.63, 3.8) is 0 Å². The number of para-hydroxylation sites is 2. The molecule has 2 heterocycles. The molecule has 2 N–H and O–H groups in total. The van der Waals surface area contributed by atoms with E-state index >= 15 is 0 Å². The van der Waals surface area contributed by atoms with E-state index in [1.54, 1.807) is 17.0 Å². The summed E-state index contributed by atoms with van der Waals surface area (Å²) in [4.78, 5) is 26.4. The predicted octanol–water partition coefficient (Wildman–Crippen LogP) is 2.29. The van der Waals surface area contributed by atoms with Crippen molar-refractivity contribution in [1.29, 1.82) is 0 Å². The van der Waals surface area contributed by atoms with E-state index in [4.69, 9.17) is 4.74 Å². The Labute approximate surface area is 163 Å². The largest absolute Gasteiger partial charge is 0.495 e. The molecule has 0 spiro atoms. The van der Waals surface area contributed by atoms with Crippen molar-refractivity contribution in [2.24, 2.45) is 5.92 Å². The summed E-state index contributed by atoms with van der Waals surface area (Å²) < 4.78 is 31.7. The van der Waals surface area contributed by atoms with Crippen LogP contribution in [-0.4, -0.2) is 55.4 Å². The lowest BCUT2D eigenvalue weighted by atomic mass is 9.95. The van der Waals surface area contributed by atoms with Gasteiger partial charge < -0.3 is 15.0 Å². The molecule has 27 heavy (non-hydrogen) atoms. The van der Waals surface area contributed by atoms with E-state index in [-0.39, 0.29) is 30.1 Å². The molecule has 1 atom stereocenters. The molecule has 0 aromatic heterocycles. The van der Waals surface area contributed by atoms with Crippen LogP contribution in [0.5, 0.6) is 5.75 Å². The van der Waals surface area contributed by atoms with Crippen molar-refractivity contribution in [3.8, 4) is 5.75 Å².